The van der Waals surface area contributed by atoms with Gasteiger partial charge in [0.2, 0.25) is 0 Å². The fraction of sp³-hybridized carbons (Fsp3) is 0.200. The molecule has 1 aromatic carbocycles. The highest BCUT2D eigenvalue weighted by molar-refractivity contribution is 6.31. The standard InChI is InChI=1S/C15H14ClN5O2/c1-8(2)23-15(22)10-6-19-21(14(10)17)13-7-18-12-5-9(16)3-4-11(12)20-13/h3-8H,17H2,1-2H3. The van der Waals surface area contributed by atoms with Crippen molar-refractivity contribution in [1.82, 2.24) is 19.7 Å². The topological polar surface area (TPSA) is 95.9 Å². The summed E-state index contributed by atoms with van der Waals surface area (Å²) in [4.78, 5) is 20.7. The SMILES string of the molecule is CC(C)OC(=O)c1cnn(-c2cnc3cc(Cl)ccc3n2)c1N. The molecule has 3 aromatic rings. The van der Waals surface area contributed by atoms with Gasteiger partial charge in [0.15, 0.2) is 5.82 Å². The van der Waals surface area contributed by atoms with Gasteiger partial charge in [0.05, 0.1) is 29.5 Å². The predicted molar refractivity (Wildman–Crippen MR) is 86.6 cm³/mol. The van der Waals surface area contributed by atoms with Crippen LogP contribution in [0.2, 0.25) is 5.02 Å². The van der Waals surface area contributed by atoms with Crippen molar-refractivity contribution in [2.24, 2.45) is 0 Å². The number of halogens is 1. The second kappa shape index (κ2) is 5.85. The van der Waals surface area contributed by atoms with Gasteiger partial charge in [0.1, 0.15) is 11.4 Å². The first kappa shape index (κ1) is 15.2. The molecule has 7 nitrogen and oxygen atoms in total. The Morgan fingerprint density at radius 2 is 2.09 bits per heavy atom. The fourth-order valence-corrected chi connectivity index (χ4v) is 2.22. The Morgan fingerprint density at radius 1 is 1.30 bits per heavy atom. The Balaban J connectivity index is 2.01. The van der Waals surface area contributed by atoms with E-state index in [0.29, 0.717) is 21.9 Å². The lowest BCUT2D eigenvalue weighted by Gasteiger charge is -2.08. The molecule has 0 radical (unpaired) electrons. The first-order chi connectivity index (χ1) is 11.0. The van der Waals surface area contributed by atoms with Crippen LogP contribution in [0.25, 0.3) is 16.9 Å². The highest BCUT2D eigenvalue weighted by Gasteiger charge is 2.19. The molecule has 0 fully saturated rings. The maximum Gasteiger partial charge on any atom is 0.343 e. The summed E-state index contributed by atoms with van der Waals surface area (Å²) in [5, 5.41) is 4.68. The number of hydrogen-bond acceptors (Lipinski definition) is 6. The molecule has 2 N–H and O–H groups in total. The normalized spacial score (nSPS) is 11.1. The minimum absolute atomic E-state index is 0.151. The van der Waals surface area contributed by atoms with Gasteiger partial charge in [-0.2, -0.15) is 9.78 Å². The number of anilines is 1. The molecule has 0 aliphatic carbocycles. The molecule has 8 heteroatoms. The Hall–Kier alpha value is -2.67. The van der Waals surface area contributed by atoms with E-state index >= 15 is 0 Å². The summed E-state index contributed by atoms with van der Waals surface area (Å²) in [6.45, 7) is 3.52. The first-order valence-corrected chi connectivity index (χ1v) is 7.30. The summed E-state index contributed by atoms with van der Waals surface area (Å²) in [5.41, 5.74) is 7.49. The largest absolute Gasteiger partial charge is 0.459 e. The molecule has 2 heterocycles. The zero-order valence-electron chi connectivity index (χ0n) is 12.5. The molecule has 0 aliphatic heterocycles. The molecule has 0 saturated heterocycles. The quantitative estimate of drug-likeness (QED) is 0.741. The van der Waals surface area contributed by atoms with E-state index in [9.17, 15) is 4.79 Å². The second-order valence-corrected chi connectivity index (χ2v) is 5.61. The van der Waals surface area contributed by atoms with Crippen molar-refractivity contribution in [2.45, 2.75) is 20.0 Å². The first-order valence-electron chi connectivity index (χ1n) is 6.93. The van der Waals surface area contributed by atoms with Gasteiger partial charge >= 0.3 is 5.97 Å². The number of fused-ring (bicyclic) bond motifs is 1. The van der Waals surface area contributed by atoms with Gasteiger partial charge < -0.3 is 10.5 Å². The smallest absolute Gasteiger partial charge is 0.343 e. The number of nitrogen functional groups attached to an aromatic ring is 1. The number of nitrogens with two attached hydrogens (primary N) is 1. The zero-order chi connectivity index (χ0) is 16.6. The molecule has 0 amide bonds. The molecule has 0 unspecified atom stereocenters. The lowest BCUT2D eigenvalue weighted by molar-refractivity contribution is 0.0379. The van der Waals surface area contributed by atoms with Crippen LogP contribution in [0.1, 0.15) is 24.2 Å². The van der Waals surface area contributed by atoms with Crippen molar-refractivity contribution in [3.8, 4) is 5.82 Å². The summed E-state index contributed by atoms with van der Waals surface area (Å²) in [5.74, 6) is 0.0310. The lowest BCUT2D eigenvalue weighted by atomic mass is 10.3. The average Bonchev–Trinajstić information content (AvgIpc) is 2.88. The number of hydrogen-bond donors (Lipinski definition) is 1. The van der Waals surface area contributed by atoms with Crippen molar-refractivity contribution < 1.29 is 9.53 Å². The van der Waals surface area contributed by atoms with E-state index < -0.39 is 5.97 Å². The van der Waals surface area contributed by atoms with Crippen LogP contribution in [0.3, 0.4) is 0 Å². The van der Waals surface area contributed by atoms with Gasteiger partial charge in [-0.25, -0.2) is 9.78 Å². The van der Waals surface area contributed by atoms with E-state index in [1.54, 1.807) is 32.0 Å². The van der Waals surface area contributed by atoms with Crippen LogP contribution in [-0.2, 0) is 4.74 Å². The number of carbonyl (C=O) groups excluding carboxylic acids is 1. The number of esters is 1. The maximum absolute atomic E-state index is 12.0. The number of carbonyl (C=O) groups is 1. The van der Waals surface area contributed by atoms with Gasteiger partial charge in [-0.05, 0) is 32.0 Å². The van der Waals surface area contributed by atoms with E-state index in [2.05, 4.69) is 15.1 Å². The molecule has 0 saturated carbocycles. The fourth-order valence-electron chi connectivity index (χ4n) is 2.05. The summed E-state index contributed by atoms with van der Waals surface area (Å²) >= 11 is 5.92. The van der Waals surface area contributed by atoms with Crippen LogP contribution in [-0.4, -0.2) is 31.8 Å². The maximum atomic E-state index is 12.0. The van der Waals surface area contributed by atoms with Gasteiger partial charge in [-0.15, -0.1) is 0 Å². The highest BCUT2D eigenvalue weighted by Crippen LogP contribution is 2.20. The van der Waals surface area contributed by atoms with E-state index in [-0.39, 0.29) is 17.5 Å². The van der Waals surface area contributed by atoms with Crippen LogP contribution in [0.15, 0.2) is 30.6 Å². The number of rotatable bonds is 3. The zero-order valence-corrected chi connectivity index (χ0v) is 13.3. The Bertz CT molecular complexity index is 891. The number of benzene rings is 1. The Morgan fingerprint density at radius 3 is 2.83 bits per heavy atom. The van der Waals surface area contributed by atoms with E-state index in [1.807, 2.05) is 0 Å². The van der Waals surface area contributed by atoms with Crippen molar-refractivity contribution in [2.75, 3.05) is 5.73 Å². The van der Waals surface area contributed by atoms with Crippen molar-refractivity contribution in [3.05, 3.63) is 41.2 Å². The minimum Gasteiger partial charge on any atom is -0.459 e. The van der Waals surface area contributed by atoms with Gasteiger partial charge in [0.25, 0.3) is 0 Å². The molecule has 0 atom stereocenters. The van der Waals surface area contributed by atoms with Crippen LogP contribution < -0.4 is 5.73 Å². The molecule has 118 valence electrons. The number of nitrogens with zero attached hydrogens (tertiary/aromatic N) is 4. The molecule has 23 heavy (non-hydrogen) atoms. The predicted octanol–water partition coefficient (Wildman–Crippen LogP) is 2.62. The van der Waals surface area contributed by atoms with E-state index in [4.69, 9.17) is 22.1 Å². The number of ether oxygens (including phenoxy) is 1. The third-order valence-corrected chi connectivity index (χ3v) is 3.31. The van der Waals surface area contributed by atoms with Crippen LogP contribution in [0, 0.1) is 0 Å². The average molecular weight is 332 g/mol. The highest BCUT2D eigenvalue weighted by atomic mass is 35.5. The summed E-state index contributed by atoms with van der Waals surface area (Å²) < 4.78 is 6.47. The second-order valence-electron chi connectivity index (χ2n) is 5.17. The summed E-state index contributed by atoms with van der Waals surface area (Å²) in [6.07, 6.45) is 2.63. The molecule has 2 aromatic heterocycles. The Kier molecular flexibility index (Phi) is 3.87. The molecular formula is C15H14ClN5O2. The lowest BCUT2D eigenvalue weighted by Crippen LogP contribution is -2.13. The minimum atomic E-state index is -0.524. The molecule has 0 bridgehead atoms. The van der Waals surface area contributed by atoms with Crippen LogP contribution in [0.5, 0.6) is 0 Å². The monoisotopic (exact) mass is 331 g/mol. The number of aromatic nitrogens is 4. The summed E-state index contributed by atoms with van der Waals surface area (Å²) in [7, 11) is 0. The van der Waals surface area contributed by atoms with Gasteiger partial charge in [-0.1, -0.05) is 11.6 Å². The third-order valence-electron chi connectivity index (χ3n) is 3.08. The molecule has 0 aliphatic rings. The van der Waals surface area contributed by atoms with Crippen molar-refractivity contribution >= 4 is 34.4 Å². The van der Waals surface area contributed by atoms with Gasteiger partial charge in [0, 0.05) is 5.02 Å². The molecular weight excluding hydrogens is 318 g/mol. The van der Waals surface area contributed by atoms with Crippen molar-refractivity contribution in [1.29, 1.82) is 0 Å². The van der Waals surface area contributed by atoms with Gasteiger partial charge in [-0.3, -0.25) is 4.98 Å². The molecule has 0 spiro atoms. The van der Waals surface area contributed by atoms with E-state index in [0.717, 1.165) is 0 Å². The van der Waals surface area contributed by atoms with Crippen LogP contribution >= 0.6 is 11.6 Å². The summed E-state index contributed by atoms with van der Waals surface area (Å²) in [6, 6.07) is 5.19. The van der Waals surface area contributed by atoms with Crippen LogP contribution in [0.4, 0.5) is 5.82 Å². The van der Waals surface area contributed by atoms with E-state index in [1.165, 1.54) is 17.1 Å². The third kappa shape index (κ3) is 2.95. The Labute approximate surface area is 137 Å². The van der Waals surface area contributed by atoms with Crippen molar-refractivity contribution in [3.63, 3.8) is 0 Å². The molecule has 3 rings (SSSR count).